The number of ether oxygens (including phenoxy) is 1. The minimum absolute atomic E-state index is 0.193. The highest BCUT2D eigenvalue weighted by Crippen LogP contribution is 2.35. The molecule has 104 valence electrons. The summed E-state index contributed by atoms with van der Waals surface area (Å²) in [4.78, 5) is 12.8. The molecule has 0 aliphatic heterocycles. The zero-order valence-corrected chi connectivity index (χ0v) is 11.6. The summed E-state index contributed by atoms with van der Waals surface area (Å²) in [5, 5.41) is 8.78. The predicted molar refractivity (Wildman–Crippen MR) is 73.6 cm³/mol. The van der Waals surface area contributed by atoms with Crippen LogP contribution in [-0.2, 0) is 11.2 Å². The molecule has 2 rings (SSSR count). The van der Waals surface area contributed by atoms with Crippen molar-refractivity contribution in [3.8, 4) is 5.75 Å². The van der Waals surface area contributed by atoms with Crippen LogP contribution in [0.1, 0.15) is 36.4 Å². The van der Waals surface area contributed by atoms with Gasteiger partial charge in [0.2, 0.25) is 0 Å². The molecule has 0 radical (unpaired) electrons. The number of nitrogens with zero attached hydrogens (tertiary/aromatic N) is 1. The number of aliphatic carboxylic acids is 1. The van der Waals surface area contributed by atoms with Gasteiger partial charge in [-0.25, -0.2) is 0 Å². The number of methoxy groups -OCH3 is 1. The van der Waals surface area contributed by atoms with Gasteiger partial charge < -0.3 is 9.84 Å². The highest BCUT2D eigenvalue weighted by atomic mass is 16.5. The zero-order chi connectivity index (χ0) is 13.8. The van der Waals surface area contributed by atoms with Gasteiger partial charge in [0.05, 0.1) is 13.5 Å². The van der Waals surface area contributed by atoms with Gasteiger partial charge in [-0.1, -0.05) is 6.07 Å². The van der Waals surface area contributed by atoms with E-state index in [1.807, 2.05) is 13.1 Å². The fourth-order valence-corrected chi connectivity index (χ4v) is 2.78. The number of aryl methyl sites for hydroxylation is 1. The molecule has 1 aromatic rings. The highest BCUT2D eigenvalue weighted by Gasteiger charge is 2.24. The molecule has 0 heterocycles. The van der Waals surface area contributed by atoms with Crippen molar-refractivity contribution in [3.63, 3.8) is 0 Å². The van der Waals surface area contributed by atoms with Crippen LogP contribution in [0.5, 0.6) is 5.75 Å². The van der Waals surface area contributed by atoms with E-state index in [1.165, 1.54) is 11.1 Å². The number of benzene rings is 1. The minimum Gasteiger partial charge on any atom is -0.497 e. The van der Waals surface area contributed by atoms with E-state index < -0.39 is 5.97 Å². The average Bonchev–Trinajstić information content (AvgIpc) is 2.43. The van der Waals surface area contributed by atoms with Crippen LogP contribution in [0, 0.1) is 0 Å². The third-order valence-electron chi connectivity index (χ3n) is 3.84. The lowest BCUT2D eigenvalue weighted by atomic mass is 9.86. The number of hydrogen-bond donors (Lipinski definition) is 1. The van der Waals surface area contributed by atoms with Crippen molar-refractivity contribution in [1.29, 1.82) is 0 Å². The van der Waals surface area contributed by atoms with Gasteiger partial charge in [-0.15, -0.1) is 0 Å². The molecule has 0 fully saturated rings. The van der Waals surface area contributed by atoms with E-state index in [2.05, 4.69) is 17.0 Å². The van der Waals surface area contributed by atoms with Crippen LogP contribution in [0.2, 0.25) is 0 Å². The van der Waals surface area contributed by atoms with E-state index in [1.54, 1.807) is 7.11 Å². The molecule has 1 aliphatic rings. The molecule has 19 heavy (non-hydrogen) atoms. The molecule has 1 aromatic carbocycles. The third-order valence-corrected chi connectivity index (χ3v) is 3.84. The first-order valence-electron chi connectivity index (χ1n) is 6.70. The Labute approximate surface area is 114 Å². The molecule has 0 amide bonds. The van der Waals surface area contributed by atoms with Crippen molar-refractivity contribution in [2.75, 3.05) is 20.7 Å². The Morgan fingerprint density at radius 2 is 2.32 bits per heavy atom. The van der Waals surface area contributed by atoms with Crippen molar-refractivity contribution in [2.45, 2.75) is 31.7 Å². The van der Waals surface area contributed by atoms with Crippen molar-refractivity contribution in [3.05, 3.63) is 29.3 Å². The SMILES string of the molecule is COc1ccc2c(c1)CCCC2N(C)CCC(=O)O. The Bertz CT molecular complexity index is 459. The average molecular weight is 263 g/mol. The fourth-order valence-electron chi connectivity index (χ4n) is 2.78. The Morgan fingerprint density at radius 3 is 3.00 bits per heavy atom. The first-order valence-corrected chi connectivity index (χ1v) is 6.70. The molecule has 1 atom stereocenters. The summed E-state index contributed by atoms with van der Waals surface area (Å²) in [6.07, 6.45) is 3.51. The van der Waals surface area contributed by atoms with E-state index in [4.69, 9.17) is 9.84 Å². The first kappa shape index (κ1) is 13.9. The molecular weight excluding hydrogens is 242 g/mol. The lowest BCUT2D eigenvalue weighted by Crippen LogP contribution is -2.29. The summed E-state index contributed by atoms with van der Waals surface area (Å²) in [6.45, 7) is 0.589. The van der Waals surface area contributed by atoms with E-state index in [9.17, 15) is 4.79 Å². The van der Waals surface area contributed by atoms with E-state index in [0.717, 1.165) is 25.0 Å². The van der Waals surface area contributed by atoms with E-state index in [-0.39, 0.29) is 6.42 Å². The van der Waals surface area contributed by atoms with Crippen LogP contribution in [0.15, 0.2) is 18.2 Å². The molecule has 1 unspecified atom stereocenters. The molecule has 0 bridgehead atoms. The topological polar surface area (TPSA) is 49.8 Å². The maximum Gasteiger partial charge on any atom is 0.304 e. The van der Waals surface area contributed by atoms with Gasteiger partial charge in [-0.2, -0.15) is 0 Å². The lowest BCUT2D eigenvalue weighted by molar-refractivity contribution is -0.137. The van der Waals surface area contributed by atoms with E-state index >= 15 is 0 Å². The Balaban J connectivity index is 2.15. The molecule has 0 spiro atoms. The third kappa shape index (κ3) is 3.26. The molecule has 4 heteroatoms. The van der Waals surface area contributed by atoms with Crippen molar-refractivity contribution >= 4 is 5.97 Å². The van der Waals surface area contributed by atoms with Crippen LogP contribution < -0.4 is 4.74 Å². The van der Waals surface area contributed by atoms with Gasteiger partial charge in [0, 0.05) is 12.6 Å². The molecular formula is C15H21NO3. The van der Waals surface area contributed by atoms with Crippen LogP contribution in [0.3, 0.4) is 0 Å². The quantitative estimate of drug-likeness (QED) is 0.886. The standard InChI is InChI=1S/C15H21NO3/c1-16(9-8-15(17)18)14-5-3-4-11-10-12(19-2)6-7-13(11)14/h6-7,10,14H,3-5,8-9H2,1-2H3,(H,17,18). The number of rotatable bonds is 5. The Hall–Kier alpha value is -1.55. The van der Waals surface area contributed by atoms with Crippen LogP contribution in [-0.4, -0.2) is 36.7 Å². The maximum atomic E-state index is 10.7. The summed E-state index contributed by atoms with van der Waals surface area (Å²) in [6, 6.07) is 6.54. The second-order valence-corrected chi connectivity index (χ2v) is 5.10. The Morgan fingerprint density at radius 1 is 1.53 bits per heavy atom. The minimum atomic E-state index is -0.738. The Kier molecular flexibility index (Phi) is 4.43. The van der Waals surface area contributed by atoms with Crippen LogP contribution >= 0.6 is 0 Å². The molecule has 1 N–H and O–H groups in total. The van der Waals surface area contributed by atoms with Crippen LogP contribution in [0.4, 0.5) is 0 Å². The van der Waals surface area contributed by atoms with Gasteiger partial charge in [-0.05, 0) is 49.6 Å². The monoisotopic (exact) mass is 263 g/mol. The zero-order valence-electron chi connectivity index (χ0n) is 11.6. The highest BCUT2D eigenvalue weighted by molar-refractivity contribution is 5.66. The number of hydrogen-bond acceptors (Lipinski definition) is 3. The largest absolute Gasteiger partial charge is 0.497 e. The van der Waals surface area contributed by atoms with Crippen molar-refractivity contribution in [1.82, 2.24) is 4.90 Å². The second-order valence-electron chi connectivity index (χ2n) is 5.10. The van der Waals surface area contributed by atoms with Crippen molar-refractivity contribution in [2.24, 2.45) is 0 Å². The lowest BCUT2D eigenvalue weighted by Gasteiger charge is -2.33. The van der Waals surface area contributed by atoms with Crippen LogP contribution in [0.25, 0.3) is 0 Å². The molecule has 4 nitrogen and oxygen atoms in total. The first-order chi connectivity index (χ1) is 9.11. The summed E-state index contributed by atoms with van der Waals surface area (Å²) in [7, 11) is 3.69. The number of fused-ring (bicyclic) bond motifs is 1. The smallest absolute Gasteiger partial charge is 0.304 e. The van der Waals surface area contributed by atoms with Gasteiger partial charge >= 0.3 is 5.97 Å². The summed E-state index contributed by atoms with van der Waals surface area (Å²) in [5.74, 6) is 0.158. The van der Waals surface area contributed by atoms with Gasteiger partial charge in [0.25, 0.3) is 0 Å². The molecule has 0 saturated carbocycles. The number of carbonyl (C=O) groups is 1. The van der Waals surface area contributed by atoms with Gasteiger partial charge in [-0.3, -0.25) is 9.69 Å². The predicted octanol–water partition coefficient (Wildman–Crippen LogP) is 2.48. The van der Waals surface area contributed by atoms with Crippen molar-refractivity contribution < 1.29 is 14.6 Å². The fraction of sp³-hybridized carbons (Fsp3) is 0.533. The second kappa shape index (κ2) is 6.06. The summed E-state index contributed by atoms with van der Waals surface area (Å²) < 4.78 is 5.26. The molecule has 1 aliphatic carbocycles. The van der Waals surface area contributed by atoms with Gasteiger partial charge in [0.1, 0.15) is 5.75 Å². The number of carboxylic acids is 1. The molecule has 0 saturated heterocycles. The summed E-state index contributed by atoms with van der Waals surface area (Å²) >= 11 is 0. The number of carboxylic acid groups (broad SMARTS) is 1. The van der Waals surface area contributed by atoms with Gasteiger partial charge in [0.15, 0.2) is 0 Å². The van der Waals surface area contributed by atoms with E-state index in [0.29, 0.717) is 12.6 Å². The molecule has 0 aromatic heterocycles. The normalized spacial score (nSPS) is 18.2. The summed E-state index contributed by atoms with van der Waals surface area (Å²) in [5.41, 5.74) is 2.65. The maximum absolute atomic E-state index is 10.7.